The van der Waals surface area contributed by atoms with Crippen LogP contribution in [0.15, 0.2) is 50.9 Å². The van der Waals surface area contributed by atoms with E-state index in [0.29, 0.717) is 29.7 Å². The van der Waals surface area contributed by atoms with E-state index < -0.39 is 0 Å². The van der Waals surface area contributed by atoms with Crippen molar-refractivity contribution < 1.29 is 13.9 Å². The largest absolute Gasteiger partial charge is 0.486 e. The van der Waals surface area contributed by atoms with Crippen LogP contribution in [0, 0.1) is 0 Å². The minimum atomic E-state index is 0.573. The van der Waals surface area contributed by atoms with Crippen LogP contribution in [0.4, 0.5) is 5.69 Å². The molecule has 1 aromatic heterocycles. The Balaban J connectivity index is 1.64. The first-order valence-electron chi connectivity index (χ1n) is 6.51. The van der Waals surface area contributed by atoms with E-state index in [9.17, 15) is 0 Å². The van der Waals surface area contributed by atoms with Crippen molar-refractivity contribution in [2.75, 3.05) is 18.9 Å². The normalized spacial score (nSPS) is 13.5. The summed E-state index contributed by atoms with van der Waals surface area (Å²) in [5.41, 5.74) is 7.88. The second kappa shape index (κ2) is 4.89. The topological polar surface area (TPSA) is 70.5 Å². The first-order valence-corrected chi connectivity index (χ1v) is 7.33. The lowest BCUT2D eigenvalue weighted by Crippen LogP contribution is -2.15. The van der Waals surface area contributed by atoms with E-state index in [1.165, 1.54) is 11.8 Å². The summed E-state index contributed by atoms with van der Waals surface area (Å²) < 4.78 is 16.8. The summed E-state index contributed by atoms with van der Waals surface area (Å²) in [6.45, 7) is 1.16. The zero-order valence-electron chi connectivity index (χ0n) is 11.0. The number of nitrogens with two attached hydrogens (primary N) is 1. The van der Waals surface area contributed by atoms with Gasteiger partial charge in [0.25, 0.3) is 5.22 Å². The summed E-state index contributed by atoms with van der Waals surface area (Å²) in [6.07, 6.45) is 0. The van der Waals surface area contributed by atoms with E-state index in [1.807, 2.05) is 30.3 Å². The highest BCUT2D eigenvalue weighted by molar-refractivity contribution is 7.99. The lowest BCUT2D eigenvalue weighted by atomic mass is 10.3. The van der Waals surface area contributed by atoms with E-state index in [4.69, 9.17) is 19.6 Å². The number of nitrogens with zero attached hydrogens (tertiary/aromatic N) is 1. The number of ether oxygens (including phenoxy) is 2. The Labute approximate surface area is 125 Å². The molecule has 2 aromatic carbocycles. The number of hydrogen-bond acceptors (Lipinski definition) is 6. The quantitative estimate of drug-likeness (QED) is 0.732. The molecule has 0 atom stereocenters. The fraction of sp³-hybridized carbons (Fsp3) is 0.133. The highest BCUT2D eigenvalue weighted by Gasteiger charge is 2.14. The molecule has 0 amide bonds. The lowest BCUT2D eigenvalue weighted by molar-refractivity contribution is 0.171. The Morgan fingerprint density at radius 2 is 1.86 bits per heavy atom. The van der Waals surface area contributed by atoms with Gasteiger partial charge in [-0.15, -0.1) is 0 Å². The summed E-state index contributed by atoms with van der Waals surface area (Å²) in [4.78, 5) is 5.41. The third kappa shape index (κ3) is 2.38. The van der Waals surface area contributed by atoms with Gasteiger partial charge in [-0.25, -0.2) is 4.98 Å². The molecule has 21 heavy (non-hydrogen) atoms. The highest BCUT2D eigenvalue weighted by Crippen LogP contribution is 2.37. The molecule has 0 radical (unpaired) electrons. The summed E-state index contributed by atoms with van der Waals surface area (Å²) >= 11 is 1.44. The van der Waals surface area contributed by atoms with Gasteiger partial charge in [0, 0.05) is 16.6 Å². The van der Waals surface area contributed by atoms with Crippen molar-refractivity contribution in [3.8, 4) is 11.5 Å². The minimum absolute atomic E-state index is 0.573. The second-order valence-electron chi connectivity index (χ2n) is 4.61. The van der Waals surface area contributed by atoms with Gasteiger partial charge in [-0.05, 0) is 42.1 Å². The van der Waals surface area contributed by atoms with Crippen molar-refractivity contribution >= 4 is 28.5 Å². The van der Waals surface area contributed by atoms with Crippen molar-refractivity contribution in [1.29, 1.82) is 0 Å². The predicted octanol–water partition coefficient (Wildman–Crippen LogP) is 3.33. The standard InChI is InChI=1S/C15H12N2O3S/c16-9-1-3-11-13(7-9)20-15(17-11)21-10-2-4-12-14(8-10)19-6-5-18-12/h1-4,7-8H,5-6,16H2. The van der Waals surface area contributed by atoms with E-state index in [2.05, 4.69) is 4.98 Å². The summed E-state index contributed by atoms with van der Waals surface area (Å²) in [7, 11) is 0. The SMILES string of the molecule is Nc1ccc2nc(Sc3ccc4c(c3)OCCO4)oc2c1. The van der Waals surface area contributed by atoms with Crippen LogP contribution in [0.25, 0.3) is 11.1 Å². The summed E-state index contributed by atoms with van der Waals surface area (Å²) in [6, 6.07) is 11.2. The molecule has 1 aliphatic rings. The van der Waals surface area contributed by atoms with Crippen molar-refractivity contribution in [3.63, 3.8) is 0 Å². The van der Waals surface area contributed by atoms with Crippen molar-refractivity contribution in [1.82, 2.24) is 4.98 Å². The van der Waals surface area contributed by atoms with Crippen molar-refractivity contribution in [2.45, 2.75) is 10.1 Å². The number of aromatic nitrogens is 1. The Kier molecular flexibility index (Phi) is 2.89. The van der Waals surface area contributed by atoms with Gasteiger partial charge in [-0.1, -0.05) is 0 Å². The molecule has 4 rings (SSSR count). The number of hydrogen-bond donors (Lipinski definition) is 1. The van der Waals surface area contributed by atoms with E-state index in [1.54, 1.807) is 6.07 Å². The molecule has 3 aromatic rings. The Morgan fingerprint density at radius 1 is 1.00 bits per heavy atom. The molecule has 0 aliphatic carbocycles. The van der Waals surface area contributed by atoms with Gasteiger partial charge in [-0.2, -0.15) is 0 Å². The van der Waals surface area contributed by atoms with Gasteiger partial charge < -0.3 is 19.6 Å². The van der Waals surface area contributed by atoms with Crippen LogP contribution in [0.3, 0.4) is 0 Å². The number of oxazole rings is 1. The fourth-order valence-electron chi connectivity index (χ4n) is 2.15. The van der Waals surface area contributed by atoms with Gasteiger partial charge in [0.05, 0.1) is 0 Å². The van der Waals surface area contributed by atoms with E-state index in [-0.39, 0.29) is 0 Å². The summed E-state index contributed by atoms with van der Waals surface area (Å²) in [5.74, 6) is 1.53. The third-order valence-electron chi connectivity index (χ3n) is 3.11. The molecular formula is C15H12N2O3S. The zero-order chi connectivity index (χ0) is 14.2. The Morgan fingerprint density at radius 3 is 2.76 bits per heavy atom. The number of fused-ring (bicyclic) bond motifs is 2. The van der Waals surface area contributed by atoms with Gasteiger partial charge >= 0.3 is 0 Å². The first-order chi connectivity index (χ1) is 10.3. The van der Waals surface area contributed by atoms with Crippen LogP contribution >= 0.6 is 11.8 Å². The average molecular weight is 300 g/mol. The Bertz CT molecular complexity index is 816. The molecule has 106 valence electrons. The fourth-order valence-corrected chi connectivity index (χ4v) is 2.93. The molecule has 1 aliphatic heterocycles. The number of rotatable bonds is 2. The van der Waals surface area contributed by atoms with Crippen LogP contribution in [-0.4, -0.2) is 18.2 Å². The first kappa shape index (κ1) is 12.4. The molecular weight excluding hydrogens is 288 g/mol. The van der Waals surface area contributed by atoms with Crippen LogP contribution in [0.1, 0.15) is 0 Å². The average Bonchev–Trinajstić information content (AvgIpc) is 2.88. The molecule has 0 saturated carbocycles. The van der Waals surface area contributed by atoms with Crippen LogP contribution in [0.2, 0.25) is 0 Å². The minimum Gasteiger partial charge on any atom is -0.486 e. The monoisotopic (exact) mass is 300 g/mol. The maximum atomic E-state index is 5.74. The van der Waals surface area contributed by atoms with Gasteiger partial charge in [-0.3, -0.25) is 0 Å². The summed E-state index contributed by atoms with van der Waals surface area (Å²) in [5, 5.41) is 0.576. The molecule has 0 bridgehead atoms. The Hall–Kier alpha value is -2.34. The number of nitrogen functional groups attached to an aromatic ring is 1. The predicted molar refractivity (Wildman–Crippen MR) is 80.0 cm³/mol. The van der Waals surface area contributed by atoms with Crippen LogP contribution in [-0.2, 0) is 0 Å². The molecule has 0 unspecified atom stereocenters. The molecule has 5 nitrogen and oxygen atoms in total. The lowest BCUT2D eigenvalue weighted by Gasteiger charge is -2.18. The highest BCUT2D eigenvalue weighted by atomic mass is 32.2. The van der Waals surface area contributed by atoms with Gasteiger partial charge in [0.2, 0.25) is 0 Å². The maximum Gasteiger partial charge on any atom is 0.261 e. The van der Waals surface area contributed by atoms with Gasteiger partial charge in [0.15, 0.2) is 17.1 Å². The molecule has 2 heterocycles. The maximum absolute atomic E-state index is 5.74. The molecule has 0 fully saturated rings. The van der Waals surface area contributed by atoms with Crippen LogP contribution < -0.4 is 15.2 Å². The number of anilines is 1. The molecule has 6 heteroatoms. The van der Waals surface area contributed by atoms with Crippen LogP contribution in [0.5, 0.6) is 11.5 Å². The smallest absolute Gasteiger partial charge is 0.261 e. The van der Waals surface area contributed by atoms with E-state index >= 15 is 0 Å². The van der Waals surface area contributed by atoms with Gasteiger partial charge in [0.1, 0.15) is 18.7 Å². The molecule has 0 spiro atoms. The molecule has 2 N–H and O–H groups in total. The second-order valence-corrected chi connectivity index (χ2v) is 5.64. The zero-order valence-corrected chi connectivity index (χ0v) is 11.9. The third-order valence-corrected chi connectivity index (χ3v) is 3.95. The van der Waals surface area contributed by atoms with Crippen molar-refractivity contribution in [2.24, 2.45) is 0 Å². The number of benzene rings is 2. The molecule has 0 saturated heterocycles. The van der Waals surface area contributed by atoms with E-state index in [0.717, 1.165) is 21.9 Å². The van der Waals surface area contributed by atoms with Crippen molar-refractivity contribution in [3.05, 3.63) is 36.4 Å².